The largest absolute Gasteiger partial charge is 0.452 e. The van der Waals surface area contributed by atoms with Crippen LogP contribution in [0.3, 0.4) is 0 Å². The minimum Gasteiger partial charge on any atom is -0.452 e. The zero-order valence-corrected chi connectivity index (χ0v) is 12.7. The Labute approximate surface area is 133 Å². The number of anilines is 2. The second kappa shape index (κ2) is 6.37. The molecule has 1 saturated heterocycles. The number of piperidine rings is 1. The van der Waals surface area contributed by atoms with Gasteiger partial charge in [0.15, 0.2) is 11.6 Å². The molecule has 0 bridgehead atoms. The average molecular weight is 321 g/mol. The van der Waals surface area contributed by atoms with Crippen molar-refractivity contribution < 1.29 is 9.84 Å². The van der Waals surface area contributed by atoms with Crippen molar-refractivity contribution >= 4 is 23.4 Å². The summed E-state index contributed by atoms with van der Waals surface area (Å²) in [5, 5.41) is 10.3. The van der Waals surface area contributed by atoms with Crippen molar-refractivity contribution in [1.29, 1.82) is 0 Å². The van der Waals surface area contributed by atoms with Crippen LogP contribution in [0.25, 0.3) is 0 Å². The van der Waals surface area contributed by atoms with Crippen molar-refractivity contribution in [2.45, 2.75) is 18.9 Å². The fourth-order valence-corrected chi connectivity index (χ4v) is 2.51. The van der Waals surface area contributed by atoms with Gasteiger partial charge in [-0.2, -0.15) is 4.98 Å². The molecule has 0 aliphatic carbocycles. The lowest BCUT2D eigenvalue weighted by atomic mass is 10.1. The Kier molecular flexibility index (Phi) is 4.31. The van der Waals surface area contributed by atoms with Gasteiger partial charge in [0.1, 0.15) is 5.75 Å². The number of hydrogen-bond donors (Lipinski definition) is 2. The van der Waals surface area contributed by atoms with E-state index in [1.165, 1.54) is 0 Å². The first kappa shape index (κ1) is 14.9. The molecule has 1 aromatic heterocycles. The molecule has 0 unspecified atom stereocenters. The molecule has 3 rings (SSSR count). The Morgan fingerprint density at radius 3 is 2.59 bits per heavy atom. The highest BCUT2D eigenvalue weighted by Crippen LogP contribution is 2.32. The second-order valence-corrected chi connectivity index (χ2v) is 5.63. The van der Waals surface area contributed by atoms with Crippen LogP contribution in [0.5, 0.6) is 11.5 Å². The number of halogens is 1. The molecule has 0 saturated carbocycles. The average Bonchev–Trinajstić information content (AvgIpc) is 2.52. The molecule has 22 heavy (non-hydrogen) atoms. The van der Waals surface area contributed by atoms with E-state index in [4.69, 9.17) is 22.1 Å². The number of nitrogens with zero attached hydrogens (tertiary/aromatic N) is 3. The second-order valence-electron chi connectivity index (χ2n) is 5.19. The molecule has 1 aliphatic rings. The third-order valence-corrected chi connectivity index (χ3v) is 3.81. The van der Waals surface area contributed by atoms with Crippen LogP contribution in [0.1, 0.15) is 12.8 Å². The Bertz CT molecular complexity index is 642. The van der Waals surface area contributed by atoms with Gasteiger partial charge >= 0.3 is 0 Å². The molecule has 0 atom stereocenters. The van der Waals surface area contributed by atoms with Crippen LogP contribution in [0.15, 0.2) is 30.5 Å². The van der Waals surface area contributed by atoms with Crippen molar-refractivity contribution in [1.82, 2.24) is 9.97 Å². The molecule has 1 aromatic carbocycles. The fraction of sp³-hybridized carbons (Fsp3) is 0.333. The predicted molar refractivity (Wildman–Crippen MR) is 85.4 cm³/mol. The maximum atomic E-state index is 9.63. The van der Waals surface area contributed by atoms with Gasteiger partial charge in [0.2, 0.25) is 5.95 Å². The van der Waals surface area contributed by atoms with Gasteiger partial charge in [0.25, 0.3) is 0 Å². The van der Waals surface area contributed by atoms with E-state index in [0.29, 0.717) is 48.3 Å². The first-order chi connectivity index (χ1) is 10.6. The van der Waals surface area contributed by atoms with Crippen LogP contribution in [-0.2, 0) is 0 Å². The summed E-state index contributed by atoms with van der Waals surface area (Å²) in [4.78, 5) is 10.3. The van der Waals surface area contributed by atoms with E-state index in [-0.39, 0.29) is 12.1 Å². The zero-order valence-electron chi connectivity index (χ0n) is 11.9. The van der Waals surface area contributed by atoms with Gasteiger partial charge < -0.3 is 20.5 Å². The van der Waals surface area contributed by atoms with Crippen LogP contribution in [-0.4, -0.2) is 34.3 Å². The van der Waals surface area contributed by atoms with E-state index in [0.717, 1.165) is 0 Å². The highest BCUT2D eigenvalue weighted by atomic mass is 35.5. The Morgan fingerprint density at radius 2 is 1.91 bits per heavy atom. The number of aliphatic hydroxyl groups excluding tert-OH is 1. The molecule has 3 N–H and O–H groups in total. The topological polar surface area (TPSA) is 84.5 Å². The van der Waals surface area contributed by atoms with Crippen LogP contribution in [0.2, 0.25) is 5.02 Å². The van der Waals surface area contributed by atoms with Crippen LogP contribution < -0.4 is 15.4 Å². The van der Waals surface area contributed by atoms with Gasteiger partial charge in [0.05, 0.1) is 12.3 Å². The molecule has 7 heteroatoms. The summed E-state index contributed by atoms with van der Waals surface area (Å²) in [5.41, 5.74) is 5.70. The van der Waals surface area contributed by atoms with Crippen LogP contribution in [0, 0.1) is 0 Å². The van der Waals surface area contributed by atoms with Crippen LogP contribution >= 0.6 is 11.6 Å². The molecule has 6 nitrogen and oxygen atoms in total. The van der Waals surface area contributed by atoms with E-state index < -0.39 is 0 Å². The van der Waals surface area contributed by atoms with Gasteiger partial charge in [-0.3, -0.25) is 0 Å². The summed E-state index contributed by atoms with van der Waals surface area (Å²) < 4.78 is 5.86. The van der Waals surface area contributed by atoms with Crippen molar-refractivity contribution in [3.63, 3.8) is 0 Å². The maximum Gasteiger partial charge on any atom is 0.222 e. The number of rotatable bonds is 3. The molecule has 2 heterocycles. The third-order valence-electron chi connectivity index (χ3n) is 3.56. The molecular weight excluding hydrogens is 304 g/mol. The first-order valence-corrected chi connectivity index (χ1v) is 7.48. The molecule has 1 aliphatic heterocycles. The maximum absolute atomic E-state index is 9.63. The van der Waals surface area contributed by atoms with Crippen molar-refractivity contribution in [3.8, 4) is 11.5 Å². The minimum atomic E-state index is -0.254. The van der Waals surface area contributed by atoms with Gasteiger partial charge in [-0.25, -0.2) is 4.98 Å². The first-order valence-electron chi connectivity index (χ1n) is 7.11. The number of benzene rings is 1. The van der Waals surface area contributed by atoms with E-state index in [2.05, 4.69) is 14.9 Å². The number of aliphatic hydroxyl groups is 1. The van der Waals surface area contributed by atoms with Gasteiger partial charge in [-0.05, 0) is 37.1 Å². The summed E-state index contributed by atoms with van der Waals surface area (Å²) in [6, 6.07) is 7.07. The Balaban J connectivity index is 1.85. The molecular formula is C15H17ClN4O2. The highest BCUT2D eigenvalue weighted by molar-refractivity contribution is 6.30. The normalized spacial score (nSPS) is 15.8. The number of aromatic nitrogens is 2. The summed E-state index contributed by atoms with van der Waals surface area (Å²) in [5.74, 6) is 2.03. The summed E-state index contributed by atoms with van der Waals surface area (Å²) in [6.45, 7) is 1.41. The lowest BCUT2D eigenvalue weighted by Crippen LogP contribution is -2.36. The van der Waals surface area contributed by atoms with Crippen molar-refractivity contribution in [3.05, 3.63) is 35.5 Å². The lowest BCUT2D eigenvalue weighted by molar-refractivity contribution is 0.145. The number of ether oxygens (including phenoxy) is 1. The monoisotopic (exact) mass is 320 g/mol. The quantitative estimate of drug-likeness (QED) is 0.903. The smallest absolute Gasteiger partial charge is 0.222 e. The SMILES string of the molecule is Nc1ncc(Oc2ccc(Cl)cc2)c(N2CCC(O)CC2)n1. The molecule has 0 amide bonds. The van der Waals surface area contributed by atoms with E-state index in [1.807, 2.05) is 0 Å². The minimum absolute atomic E-state index is 0.199. The molecule has 0 radical (unpaired) electrons. The highest BCUT2D eigenvalue weighted by Gasteiger charge is 2.22. The Morgan fingerprint density at radius 1 is 1.23 bits per heavy atom. The summed E-state index contributed by atoms with van der Waals surface area (Å²) in [7, 11) is 0. The van der Waals surface area contributed by atoms with Crippen LogP contribution in [0.4, 0.5) is 11.8 Å². The molecule has 1 fully saturated rings. The molecule has 116 valence electrons. The van der Waals surface area contributed by atoms with Crippen molar-refractivity contribution in [2.75, 3.05) is 23.7 Å². The summed E-state index contributed by atoms with van der Waals surface area (Å²) in [6.07, 6.45) is 2.71. The van der Waals surface area contributed by atoms with E-state index >= 15 is 0 Å². The summed E-state index contributed by atoms with van der Waals surface area (Å²) >= 11 is 5.87. The predicted octanol–water partition coefficient (Wildman–Crippen LogP) is 2.47. The fourth-order valence-electron chi connectivity index (χ4n) is 2.38. The van der Waals surface area contributed by atoms with E-state index in [1.54, 1.807) is 30.5 Å². The van der Waals surface area contributed by atoms with Gasteiger partial charge in [0, 0.05) is 18.1 Å². The molecule has 2 aromatic rings. The van der Waals surface area contributed by atoms with Crippen molar-refractivity contribution in [2.24, 2.45) is 0 Å². The lowest BCUT2D eigenvalue weighted by Gasteiger charge is -2.31. The standard InChI is InChI=1S/C15H17ClN4O2/c16-10-1-3-12(4-2-10)22-13-9-18-15(17)19-14(13)20-7-5-11(21)6-8-20/h1-4,9,11,21H,5-8H2,(H2,17,18,19). The van der Waals surface area contributed by atoms with Gasteiger partial charge in [-0.1, -0.05) is 11.6 Å². The Hall–Kier alpha value is -2.05. The molecule has 0 spiro atoms. The van der Waals surface area contributed by atoms with Gasteiger partial charge in [-0.15, -0.1) is 0 Å². The number of hydrogen-bond acceptors (Lipinski definition) is 6. The third kappa shape index (κ3) is 3.40. The van der Waals surface area contributed by atoms with E-state index in [9.17, 15) is 5.11 Å². The number of nitrogen functional groups attached to an aromatic ring is 1. The number of nitrogens with two attached hydrogens (primary N) is 1. The zero-order chi connectivity index (χ0) is 15.5.